The van der Waals surface area contributed by atoms with Gasteiger partial charge in [0.1, 0.15) is 5.75 Å². The molecule has 2 aromatic rings. The van der Waals surface area contributed by atoms with Gasteiger partial charge in [-0.05, 0) is 49.3 Å². The van der Waals surface area contributed by atoms with E-state index in [1.165, 1.54) is 0 Å². The van der Waals surface area contributed by atoms with Crippen LogP contribution in [0.1, 0.15) is 18.4 Å². The zero-order valence-electron chi connectivity index (χ0n) is 14.1. The van der Waals surface area contributed by atoms with Crippen molar-refractivity contribution in [1.29, 1.82) is 0 Å². The number of hydrogen-bond acceptors (Lipinski definition) is 3. The molecule has 1 atom stereocenters. The minimum atomic E-state index is 0.134. The van der Waals surface area contributed by atoms with Gasteiger partial charge in [0.15, 0.2) is 5.11 Å². The summed E-state index contributed by atoms with van der Waals surface area (Å²) in [4.78, 5) is 2.00. The molecular formula is C19H20Cl2N2O2S. The lowest BCUT2D eigenvalue weighted by Crippen LogP contribution is -2.39. The molecule has 2 aromatic carbocycles. The molecule has 3 rings (SSSR count). The molecule has 0 aromatic heterocycles. The number of benzene rings is 2. The largest absolute Gasteiger partial charge is 0.508 e. The van der Waals surface area contributed by atoms with Gasteiger partial charge in [0.2, 0.25) is 0 Å². The van der Waals surface area contributed by atoms with Gasteiger partial charge >= 0.3 is 0 Å². The minimum Gasteiger partial charge on any atom is -0.508 e. The van der Waals surface area contributed by atoms with E-state index in [9.17, 15) is 5.11 Å². The highest BCUT2D eigenvalue weighted by Gasteiger charge is 2.22. The third kappa shape index (κ3) is 5.01. The van der Waals surface area contributed by atoms with Crippen LogP contribution in [0, 0.1) is 0 Å². The number of phenols is 1. The Labute approximate surface area is 168 Å². The molecule has 7 heteroatoms. The fourth-order valence-corrected chi connectivity index (χ4v) is 3.44. The number of ether oxygens (including phenoxy) is 1. The van der Waals surface area contributed by atoms with E-state index in [4.69, 9.17) is 40.2 Å². The normalized spacial score (nSPS) is 16.5. The maximum absolute atomic E-state index is 10.1. The molecule has 0 radical (unpaired) electrons. The Bertz CT molecular complexity index is 782. The zero-order valence-corrected chi connectivity index (χ0v) is 16.4. The lowest BCUT2D eigenvalue weighted by atomic mass is 10.1. The maximum Gasteiger partial charge on any atom is 0.173 e. The van der Waals surface area contributed by atoms with Crippen LogP contribution in [0.3, 0.4) is 0 Å². The zero-order chi connectivity index (χ0) is 18.5. The van der Waals surface area contributed by atoms with Crippen molar-refractivity contribution in [3.05, 3.63) is 58.1 Å². The van der Waals surface area contributed by atoms with Crippen LogP contribution < -0.4 is 5.32 Å². The average Bonchev–Trinajstić information content (AvgIpc) is 3.12. The van der Waals surface area contributed by atoms with Gasteiger partial charge in [-0.25, -0.2) is 0 Å². The summed E-state index contributed by atoms with van der Waals surface area (Å²) >= 11 is 17.7. The predicted molar refractivity (Wildman–Crippen MR) is 110 cm³/mol. The first kappa shape index (κ1) is 19.2. The Morgan fingerprint density at radius 3 is 2.73 bits per heavy atom. The van der Waals surface area contributed by atoms with Crippen molar-refractivity contribution in [2.24, 2.45) is 0 Å². The van der Waals surface area contributed by atoms with Gasteiger partial charge in [-0.1, -0.05) is 41.4 Å². The van der Waals surface area contributed by atoms with Crippen molar-refractivity contribution in [1.82, 2.24) is 4.90 Å². The molecule has 1 aliphatic rings. The number of nitrogens with zero attached hydrogens (tertiary/aromatic N) is 1. The Morgan fingerprint density at radius 1 is 1.23 bits per heavy atom. The van der Waals surface area contributed by atoms with Crippen molar-refractivity contribution >= 4 is 46.2 Å². The van der Waals surface area contributed by atoms with Gasteiger partial charge < -0.3 is 20.1 Å². The van der Waals surface area contributed by atoms with Crippen LogP contribution in [-0.2, 0) is 11.3 Å². The molecular weight excluding hydrogens is 391 g/mol. The van der Waals surface area contributed by atoms with Gasteiger partial charge in [0.05, 0.1) is 16.1 Å². The quantitative estimate of drug-likeness (QED) is 0.672. The number of aromatic hydroxyl groups is 1. The first-order valence-electron chi connectivity index (χ1n) is 8.42. The van der Waals surface area contributed by atoms with E-state index in [2.05, 4.69) is 5.32 Å². The lowest BCUT2D eigenvalue weighted by molar-refractivity contribution is 0.0904. The van der Waals surface area contributed by atoms with Crippen molar-refractivity contribution in [2.75, 3.05) is 18.5 Å². The highest BCUT2D eigenvalue weighted by Crippen LogP contribution is 2.26. The SMILES string of the molecule is Oc1ccccc1CN(CC1CCCO1)C(=S)Nc1ccc(Cl)c(Cl)c1. The second kappa shape index (κ2) is 8.91. The molecule has 1 fully saturated rings. The number of nitrogens with one attached hydrogen (secondary N) is 1. The topological polar surface area (TPSA) is 44.7 Å². The number of anilines is 1. The molecule has 1 heterocycles. The van der Waals surface area contributed by atoms with E-state index < -0.39 is 0 Å². The number of thiocarbonyl (C=S) groups is 1. The molecule has 2 N–H and O–H groups in total. The Hall–Kier alpha value is -1.53. The summed E-state index contributed by atoms with van der Waals surface area (Å²) in [5.41, 5.74) is 1.57. The molecule has 0 aliphatic carbocycles. The average molecular weight is 411 g/mol. The molecule has 1 aliphatic heterocycles. The molecule has 1 saturated heterocycles. The van der Waals surface area contributed by atoms with Crippen LogP contribution in [0.25, 0.3) is 0 Å². The second-order valence-electron chi connectivity index (χ2n) is 6.20. The number of halogens is 2. The highest BCUT2D eigenvalue weighted by atomic mass is 35.5. The molecule has 0 bridgehead atoms. The van der Waals surface area contributed by atoms with Gasteiger partial charge in [0, 0.05) is 30.9 Å². The fourth-order valence-electron chi connectivity index (χ4n) is 2.88. The molecule has 0 spiro atoms. The standard InChI is InChI=1S/C19H20Cl2N2O2S/c20-16-8-7-14(10-17(16)21)22-19(26)23(12-15-5-3-9-25-15)11-13-4-1-2-6-18(13)24/h1-2,4,6-8,10,15,24H,3,5,9,11-12H2,(H,22,26). The van der Waals surface area contributed by atoms with E-state index in [1.807, 2.05) is 23.1 Å². The van der Waals surface area contributed by atoms with Crippen LogP contribution in [0.4, 0.5) is 5.69 Å². The van der Waals surface area contributed by atoms with E-state index in [1.54, 1.807) is 24.3 Å². The Balaban J connectivity index is 1.75. The van der Waals surface area contributed by atoms with Crippen LogP contribution >= 0.6 is 35.4 Å². The van der Waals surface area contributed by atoms with E-state index >= 15 is 0 Å². The van der Waals surface area contributed by atoms with Crippen molar-refractivity contribution < 1.29 is 9.84 Å². The monoisotopic (exact) mass is 410 g/mol. The first-order chi connectivity index (χ1) is 12.5. The summed E-state index contributed by atoms with van der Waals surface area (Å²) in [6, 6.07) is 12.5. The first-order valence-corrected chi connectivity index (χ1v) is 9.59. The Kier molecular flexibility index (Phi) is 6.59. The summed E-state index contributed by atoms with van der Waals surface area (Å²) in [7, 11) is 0. The van der Waals surface area contributed by atoms with Crippen LogP contribution in [-0.4, -0.2) is 34.4 Å². The molecule has 0 amide bonds. The van der Waals surface area contributed by atoms with Gasteiger partial charge in [-0.2, -0.15) is 0 Å². The molecule has 138 valence electrons. The van der Waals surface area contributed by atoms with Crippen molar-refractivity contribution in [3.63, 3.8) is 0 Å². The third-order valence-electron chi connectivity index (χ3n) is 4.26. The molecule has 4 nitrogen and oxygen atoms in total. The van der Waals surface area contributed by atoms with E-state index in [-0.39, 0.29) is 11.9 Å². The third-order valence-corrected chi connectivity index (χ3v) is 5.36. The number of para-hydroxylation sites is 1. The lowest BCUT2D eigenvalue weighted by Gasteiger charge is -2.28. The molecule has 26 heavy (non-hydrogen) atoms. The predicted octanol–water partition coefficient (Wildman–Crippen LogP) is 5.08. The minimum absolute atomic E-state index is 0.134. The van der Waals surface area contributed by atoms with Crippen molar-refractivity contribution in [3.8, 4) is 5.75 Å². The summed E-state index contributed by atoms with van der Waals surface area (Å²) < 4.78 is 5.76. The fraction of sp³-hybridized carbons (Fsp3) is 0.316. The van der Waals surface area contributed by atoms with Crippen LogP contribution in [0.2, 0.25) is 10.0 Å². The van der Waals surface area contributed by atoms with Crippen molar-refractivity contribution in [2.45, 2.75) is 25.5 Å². The van der Waals surface area contributed by atoms with Gasteiger partial charge in [0.25, 0.3) is 0 Å². The second-order valence-corrected chi connectivity index (χ2v) is 7.40. The highest BCUT2D eigenvalue weighted by molar-refractivity contribution is 7.80. The smallest absolute Gasteiger partial charge is 0.173 e. The van der Waals surface area contributed by atoms with E-state index in [0.29, 0.717) is 28.2 Å². The van der Waals surface area contributed by atoms with E-state index in [0.717, 1.165) is 30.7 Å². The summed E-state index contributed by atoms with van der Waals surface area (Å²) in [6.07, 6.45) is 2.20. The summed E-state index contributed by atoms with van der Waals surface area (Å²) in [5.74, 6) is 0.252. The van der Waals surface area contributed by atoms with Gasteiger partial charge in [-0.3, -0.25) is 0 Å². The summed E-state index contributed by atoms with van der Waals surface area (Å²) in [5, 5.41) is 14.8. The summed E-state index contributed by atoms with van der Waals surface area (Å²) in [6.45, 7) is 1.92. The van der Waals surface area contributed by atoms with Crippen LogP contribution in [0.15, 0.2) is 42.5 Å². The number of rotatable bonds is 5. The van der Waals surface area contributed by atoms with Gasteiger partial charge in [-0.15, -0.1) is 0 Å². The Morgan fingerprint density at radius 2 is 2.04 bits per heavy atom. The molecule has 0 saturated carbocycles. The number of hydrogen-bond donors (Lipinski definition) is 2. The number of phenolic OH excluding ortho intramolecular Hbond substituents is 1. The molecule has 1 unspecified atom stereocenters. The van der Waals surface area contributed by atoms with Crippen LogP contribution in [0.5, 0.6) is 5.75 Å². The maximum atomic E-state index is 10.1.